The van der Waals surface area contributed by atoms with Crippen LogP contribution in [0.1, 0.15) is 44.1 Å². The number of hydrogen-bond acceptors (Lipinski definition) is 7. The Bertz CT molecular complexity index is 1220. The van der Waals surface area contributed by atoms with Gasteiger partial charge in [-0.15, -0.1) is 0 Å². The molecule has 2 aliphatic heterocycles. The Morgan fingerprint density at radius 3 is 2.74 bits per heavy atom. The number of nitrogens with zero attached hydrogens (tertiary/aromatic N) is 3. The molecule has 0 saturated carbocycles. The molecule has 2 aliphatic rings. The highest BCUT2D eigenvalue weighted by molar-refractivity contribution is 5.88. The summed E-state index contributed by atoms with van der Waals surface area (Å²) in [6.45, 7) is 2.73. The molecule has 2 aromatic rings. The first-order valence-electron chi connectivity index (χ1n) is 13.0. The van der Waals surface area contributed by atoms with Gasteiger partial charge in [0, 0.05) is 19.2 Å². The first-order chi connectivity index (χ1) is 18.3. The number of methoxy groups -OCH3 is 1. The molecule has 4 rings (SSSR count). The predicted molar refractivity (Wildman–Crippen MR) is 139 cm³/mol. The first kappa shape index (κ1) is 27.3. The lowest BCUT2D eigenvalue weighted by molar-refractivity contribution is -0.823. The van der Waals surface area contributed by atoms with Crippen molar-refractivity contribution in [2.24, 2.45) is 0 Å². The lowest BCUT2D eigenvalue weighted by Gasteiger charge is -2.24. The number of carbonyl (C=O) groups is 3. The molecule has 4 atom stereocenters. The second kappa shape index (κ2) is 12.2. The van der Waals surface area contributed by atoms with E-state index < -0.39 is 30.1 Å². The lowest BCUT2D eigenvalue weighted by atomic mass is 10.1. The highest BCUT2D eigenvalue weighted by Gasteiger charge is 2.48. The zero-order valence-electron chi connectivity index (χ0n) is 22.1. The number of amides is 3. The molecule has 38 heavy (non-hydrogen) atoms. The maximum absolute atomic E-state index is 13.4. The molecule has 204 valence electrons. The van der Waals surface area contributed by atoms with Gasteiger partial charge in [-0.05, 0) is 51.2 Å². The van der Waals surface area contributed by atoms with Crippen molar-refractivity contribution in [2.45, 2.75) is 63.6 Å². The van der Waals surface area contributed by atoms with Gasteiger partial charge < -0.3 is 19.9 Å². The summed E-state index contributed by atoms with van der Waals surface area (Å²) >= 11 is 0. The first-order valence-corrected chi connectivity index (χ1v) is 13.0. The predicted octanol–water partition coefficient (Wildman–Crippen LogP) is 1.49. The van der Waals surface area contributed by atoms with E-state index in [9.17, 15) is 19.5 Å². The molecule has 11 nitrogen and oxygen atoms in total. The van der Waals surface area contributed by atoms with E-state index in [0.717, 1.165) is 24.8 Å². The van der Waals surface area contributed by atoms with Crippen LogP contribution in [0.2, 0.25) is 0 Å². The molecule has 1 fully saturated rings. The van der Waals surface area contributed by atoms with Gasteiger partial charge in [0.25, 0.3) is 5.91 Å². The average Bonchev–Trinajstić information content (AvgIpc) is 3.32. The molecule has 1 saturated heterocycles. The molecule has 0 aliphatic carbocycles. The monoisotopic (exact) mass is 526 g/mol. The van der Waals surface area contributed by atoms with Gasteiger partial charge in [-0.25, -0.2) is 24.5 Å². The van der Waals surface area contributed by atoms with Crippen LogP contribution in [0.5, 0.6) is 11.6 Å². The van der Waals surface area contributed by atoms with Crippen LogP contribution in [0.3, 0.4) is 0 Å². The molecular weight excluding hydrogens is 490 g/mol. The van der Waals surface area contributed by atoms with Gasteiger partial charge in [0.2, 0.25) is 5.88 Å². The number of quaternary nitrogens is 1. The molecule has 4 unspecified atom stereocenters. The van der Waals surface area contributed by atoms with Gasteiger partial charge in [0.05, 0.1) is 24.4 Å². The molecule has 3 heterocycles. The van der Waals surface area contributed by atoms with E-state index in [2.05, 4.69) is 15.3 Å². The number of carbonyl (C=O) groups excluding carboxylic acids is 2. The van der Waals surface area contributed by atoms with Crippen LogP contribution in [0.4, 0.5) is 4.79 Å². The maximum Gasteiger partial charge on any atom is 0.417 e. The molecule has 0 spiro atoms. The van der Waals surface area contributed by atoms with Gasteiger partial charge in [0.15, 0.2) is 12.1 Å². The molecule has 11 heteroatoms. The number of aromatic nitrogens is 2. The van der Waals surface area contributed by atoms with Gasteiger partial charge in [-0.3, -0.25) is 9.69 Å². The Hall–Kier alpha value is -3.73. The smallest absolute Gasteiger partial charge is 0.417 e. The minimum Gasteiger partial charge on any atom is -0.496 e. The fourth-order valence-electron chi connectivity index (χ4n) is 5.16. The van der Waals surface area contributed by atoms with Gasteiger partial charge in [-0.2, -0.15) is 0 Å². The minimum absolute atomic E-state index is 0.207. The summed E-state index contributed by atoms with van der Waals surface area (Å²) in [6, 6.07) is 1.63. The summed E-state index contributed by atoms with van der Waals surface area (Å²) in [7, 11) is 3.33. The number of aliphatic carboxylic acids is 1. The van der Waals surface area contributed by atoms with E-state index in [1.165, 1.54) is 6.33 Å². The third kappa shape index (κ3) is 6.04. The minimum atomic E-state index is -1.09. The standard InChI is InChI=1S/C27H35N5O6/c1-17-22(37-3)12-11-19-23(17)28-16-29-25(19)38-18-14-21-24(33)30-20(26(34)35)10-8-6-4-5-7-9-13-31(2)27(36)32(21)15-18/h4,6,11-12,16,18,20-21H,5,7-10,13-15H2,1-3H3,(H,30,33)(H,34,35)/p+1. The van der Waals surface area contributed by atoms with Gasteiger partial charge in [0.1, 0.15) is 24.7 Å². The number of ether oxygens (including phenoxy) is 2. The second-order valence-electron chi connectivity index (χ2n) is 9.90. The maximum atomic E-state index is 13.4. The third-order valence-corrected chi connectivity index (χ3v) is 7.29. The number of allylic oxidation sites excluding steroid dienone is 2. The van der Waals surface area contributed by atoms with Crippen LogP contribution in [0.15, 0.2) is 30.6 Å². The lowest BCUT2D eigenvalue weighted by Crippen LogP contribution is -3.19. The number of carboxylic acids is 1. The van der Waals surface area contributed by atoms with E-state index >= 15 is 0 Å². The third-order valence-electron chi connectivity index (χ3n) is 7.29. The molecule has 1 aromatic carbocycles. The molecule has 3 N–H and O–H groups in total. The number of urea groups is 1. The quantitative estimate of drug-likeness (QED) is 0.510. The SMILES string of the molecule is COc1ccc2c(OC3CC4C(=O)NC(C(=O)O)CCC=CCCCCN(C)C(=O)[NH+]4C3)ncnc2c1C. The summed E-state index contributed by atoms with van der Waals surface area (Å²) in [5.41, 5.74) is 1.55. The largest absolute Gasteiger partial charge is 0.496 e. The number of benzene rings is 1. The van der Waals surface area contributed by atoms with Crippen LogP contribution in [-0.4, -0.2) is 83.3 Å². The van der Waals surface area contributed by atoms with E-state index in [-0.39, 0.29) is 25.4 Å². The van der Waals surface area contributed by atoms with Gasteiger partial charge >= 0.3 is 12.0 Å². The fraction of sp³-hybridized carbons (Fsp3) is 0.519. The van der Waals surface area contributed by atoms with Crippen molar-refractivity contribution in [1.82, 2.24) is 20.2 Å². The summed E-state index contributed by atoms with van der Waals surface area (Å²) < 4.78 is 11.7. The Morgan fingerprint density at radius 1 is 1.18 bits per heavy atom. The van der Waals surface area contributed by atoms with Crippen molar-refractivity contribution in [3.63, 3.8) is 0 Å². The summed E-state index contributed by atoms with van der Waals surface area (Å²) in [4.78, 5) is 49.4. The second-order valence-corrected chi connectivity index (χ2v) is 9.90. The number of aryl methyl sites for hydroxylation is 1. The van der Waals surface area contributed by atoms with E-state index in [0.29, 0.717) is 40.4 Å². The summed E-state index contributed by atoms with van der Waals surface area (Å²) in [5, 5.41) is 13.1. The van der Waals surface area contributed by atoms with Crippen molar-refractivity contribution in [1.29, 1.82) is 0 Å². The van der Waals surface area contributed by atoms with Crippen LogP contribution in [0.25, 0.3) is 10.9 Å². The number of nitrogens with one attached hydrogen (secondary N) is 2. The highest BCUT2D eigenvalue weighted by atomic mass is 16.5. The molecule has 0 bridgehead atoms. The molecule has 0 radical (unpaired) electrons. The Morgan fingerprint density at radius 2 is 1.97 bits per heavy atom. The topological polar surface area (TPSA) is 135 Å². The normalized spacial score (nSPS) is 25.3. The molecule has 1 aromatic heterocycles. The fourth-order valence-corrected chi connectivity index (χ4v) is 5.16. The zero-order valence-corrected chi connectivity index (χ0v) is 22.1. The van der Waals surface area contributed by atoms with Crippen molar-refractivity contribution >= 4 is 28.8 Å². The summed E-state index contributed by atoms with van der Waals surface area (Å²) in [6.07, 6.45) is 8.61. The summed E-state index contributed by atoms with van der Waals surface area (Å²) in [5.74, 6) is -0.492. The van der Waals surface area contributed by atoms with Crippen molar-refractivity contribution < 1.29 is 33.9 Å². The number of carboxylic acid groups (broad SMARTS) is 1. The van der Waals surface area contributed by atoms with Crippen molar-refractivity contribution in [3.8, 4) is 11.6 Å². The van der Waals surface area contributed by atoms with E-state index in [1.807, 2.05) is 31.2 Å². The molecule has 3 amide bonds. The number of rotatable bonds is 4. The average molecular weight is 527 g/mol. The Labute approximate surface area is 221 Å². The highest BCUT2D eigenvalue weighted by Crippen LogP contribution is 2.30. The molecular formula is C27H36N5O6+. The number of hydrogen-bond donors (Lipinski definition) is 3. The van der Waals surface area contributed by atoms with Crippen LogP contribution >= 0.6 is 0 Å². The van der Waals surface area contributed by atoms with Crippen molar-refractivity contribution in [2.75, 3.05) is 27.2 Å². The number of fused-ring (bicyclic) bond motifs is 2. The van der Waals surface area contributed by atoms with E-state index in [1.54, 1.807) is 19.1 Å². The van der Waals surface area contributed by atoms with E-state index in [4.69, 9.17) is 9.47 Å². The van der Waals surface area contributed by atoms with Crippen LogP contribution in [0, 0.1) is 6.92 Å². The Balaban J connectivity index is 1.59. The van der Waals surface area contributed by atoms with Crippen LogP contribution < -0.4 is 19.7 Å². The Kier molecular flexibility index (Phi) is 8.77. The van der Waals surface area contributed by atoms with Crippen LogP contribution in [-0.2, 0) is 9.59 Å². The zero-order chi connectivity index (χ0) is 27.2. The van der Waals surface area contributed by atoms with Crippen molar-refractivity contribution in [3.05, 3.63) is 36.2 Å². The van der Waals surface area contributed by atoms with Gasteiger partial charge in [-0.1, -0.05) is 12.2 Å².